The van der Waals surface area contributed by atoms with Crippen molar-refractivity contribution in [1.82, 2.24) is 0 Å². The second-order valence-electron chi connectivity index (χ2n) is 9.53. The van der Waals surface area contributed by atoms with Gasteiger partial charge in [-0.15, -0.1) is 5.54 Å². The van der Waals surface area contributed by atoms with Crippen molar-refractivity contribution in [2.75, 3.05) is 13.9 Å². The normalized spacial score (nSPS) is 13.2. The summed E-state index contributed by atoms with van der Waals surface area (Å²) in [7, 11) is -5.84. The fourth-order valence-electron chi connectivity index (χ4n) is 4.84. The molecular weight excluding hydrogens is 516 g/mol. The molecule has 2 aromatic rings. The lowest BCUT2D eigenvalue weighted by atomic mass is 9.76. The fourth-order valence-corrected chi connectivity index (χ4v) is 7.10. The highest BCUT2D eigenvalue weighted by Crippen LogP contribution is 2.49. The number of benzene rings is 2. The highest BCUT2D eigenvalue weighted by Gasteiger charge is 2.49. The van der Waals surface area contributed by atoms with E-state index < -0.39 is 36.7 Å². The minimum absolute atomic E-state index is 0.0185. The number of alkyl halides is 3. The second kappa shape index (κ2) is 11.4. The Morgan fingerprint density at radius 2 is 1.58 bits per heavy atom. The summed E-state index contributed by atoms with van der Waals surface area (Å²) in [5, 5.41) is -0.0433. The molecule has 0 aliphatic heterocycles. The summed E-state index contributed by atoms with van der Waals surface area (Å²) in [5.41, 5.74) is -2.75. The minimum Gasteiger partial charge on any atom is -0.467 e. The van der Waals surface area contributed by atoms with Crippen molar-refractivity contribution >= 4 is 30.4 Å². The van der Waals surface area contributed by atoms with Gasteiger partial charge in [-0.25, -0.2) is 4.39 Å². The number of halogens is 4. The van der Waals surface area contributed by atoms with Crippen LogP contribution in [0.25, 0.3) is 10.8 Å². The maximum absolute atomic E-state index is 15.0. The van der Waals surface area contributed by atoms with Gasteiger partial charge in [0.1, 0.15) is 21.1 Å². The Balaban J connectivity index is 2.76. The monoisotopic (exact) mass is 548 g/mol. The molecule has 0 N–H and O–H groups in total. The number of rotatable bonds is 9. The predicted octanol–water partition coefficient (Wildman–Crippen LogP) is 5.79. The topological polar surface area (TPSA) is 61.8 Å². The van der Waals surface area contributed by atoms with Crippen LogP contribution in [0, 0.1) is 35.0 Å². The molecule has 2 rings (SSSR count). The van der Waals surface area contributed by atoms with Crippen molar-refractivity contribution in [3.05, 3.63) is 35.6 Å². The van der Waals surface area contributed by atoms with Gasteiger partial charge in [0, 0.05) is 18.6 Å². The standard InChI is InChI=1S/C25H32F4O5SSi/c1-15(2)24(16(3)4,17(5)6)36-11-10-20-21(26)9-8-18-12-19(33-14-32-7)13-22(23(18)20)34-35(30,31)25(27,28)29/h8-9,12-13,15-17H,14,36H2,1-7H3. The molecule has 0 fully saturated rings. The predicted molar refractivity (Wildman–Crippen MR) is 135 cm³/mol. The molecule has 0 atom stereocenters. The average molecular weight is 549 g/mol. The van der Waals surface area contributed by atoms with E-state index in [9.17, 15) is 26.0 Å². The van der Waals surface area contributed by atoms with Crippen molar-refractivity contribution < 1.29 is 39.6 Å². The zero-order valence-electron chi connectivity index (χ0n) is 21.4. The molecule has 0 saturated heterocycles. The van der Waals surface area contributed by atoms with Crippen LogP contribution in [0.5, 0.6) is 11.5 Å². The van der Waals surface area contributed by atoms with Crippen molar-refractivity contribution in [2.45, 2.75) is 52.1 Å². The largest absolute Gasteiger partial charge is 0.534 e. The first-order valence-electron chi connectivity index (χ1n) is 11.5. The maximum atomic E-state index is 15.0. The van der Waals surface area contributed by atoms with Crippen LogP contribution in [0.4, 0.5) is 17.6 Å². The van der Waals surface area contributed by atoms with Crippen molar-refractivity contribution in [2.24, 2.45) is 17.8 Å². The summed E-state index contributed by atoms with van der Waals surface area (Å²) >= 11 is 0. The lowest BCUT2D eigenvalue weighted by molar-refractivity contribution is -0.0499. The third-order valence-electron chi connectivity index (χ3n) is 6.66. The highest BCUT2D eigenvalue weighted by atomic mass is 32.2. The van der Waals surface area contributed by atoms with E-state index in [1.54, 1.807) is 0 Å². The molecule has 0 spiro atoms. The Bertz CT molecular complexity index is 1220. The Hall–Kier alpha value is -2.29. The molecule has 200 valence electrons. The Kier molecular flexibility index (Phi) is 9.48. The van der Waals surface area contributed by atoms with Crippen LogP contribution < -0.4 is 8.92 Å². The summed E-state index contributed by atoms with van der Waals surface area (Å²) in [6.45, 7) is 12.5. The van der Waals surface area contributed by atoms with Gasteiger partial charge in [-0.2, -0.15) is 21.6 Å². The molecule has 2 aromatic carbocycles. The van der Waals surface area contributed by atoms with Gasteiger partial charge >= 0.3 is 15.6 Å². The molecule has 0 aliphatic carbocycles. The van der Waals surface area contributed by atoms with E-state index in [1.165, 1.54) is 19.2 Å². The Morgan fingerprint density at radius 1 is 1.00 bits per heavy atom. The summed E-state index contributed by atoms with van der Waals surface area (Å²) in [6, 6.07) is 4.79. The molecule has 0 amide bonds. The number of fused-ring (bicyclic) bond motifs is 1. The molecule has 0 saturated carbocycles. The number of hydrogen-bond donors (Lipinski definition) is 0. The molecule has 36 heavy (non-hydrogen) atoms. The van der Waals surface area contributed by atoms with Gasteiger partial charge in [0.15, 0.2) is 12.5 Å². The SMILES string of the molecule is COCOc1cc(OS(=O)(=O)C(F)(F)F)c2c(C#C[SiH2]C(C(C)C)(C(C)C)C(C)C)c(F)ccc2c1. The van der Waals surface area contributed by atoms with Gasteiger partial charge < -0.3 is 13.7 Å². The first-order valence-corrected chi connectivity index (χ1v) is 14.3. The second-order valence-corrected chi connectivity index (χ2v) is 13.0. The van der Waals surface area contributed by atoms with E-state index >= 15 is 0 Å². The molecule has 0 aliphatic rings. The minimum atomic E-state index is -6.04. The Labute approximate surface area is 212 Å². The van der Waals surface area contributed by atoms with Crippen LogP contribution in [0.2, 0.25) is 5.04 Å². The van der Waals surface area contributed by atoms with E-state index in [0.717, 1.165) is 12.1 Å². The summed E-state index contributed by atoms with van der Waals surface area (Å²) in [6.07, 6.45) is 0. The van der Waals surface area contributed by atoms with Crippen LogP contribution in [0.15, 0.2) is 24.3 Å². The highest BCUT2D eigenvalue weighted by molar-refractivity contribution is 7.88. The van der Waals surface area contributed by atoms with Gasteiger partial charge in [-0.1, -0.05) is 53.5 Å². The van der Waals surface area contributed by atoms with Crippen LogP contribution in [-0.2, 0) is 14.9 Å². The zero-order chi connectivity index (χ0) is 27.5. The van der Waals surface area contributed by atoms with Gasteiger partial charge in [0.2, 0.25) is 0 Å². The van der Waals surface area contributed by atoms with E-state index in [-0.39, 0.29) is 33.9 Å². The number of ether oxygens (including phenoxy) is 2. The lowest BCUT2D eigenvalue weighted by Crippen LogP contribution is -2.36. The third-order valence-corrected chi connectivity index (χ3v) is 11.0. The van der Waals surface area contributed by atoms with Gasteiger partial charge in [0.25, 0.3) is 0 Å². The molecule has 0 unspecified atom stereocenters. The van der Waals surface area contributed by atoms with Crippen molar-refractivity contribution in [3.8, 4) is 23.0 Å². The molecule has 0 radical (unpaired) electrons. The van der Waals surface area contributed by atoms with Crippen molar-refractivity contribution in [1.29, 1.82) is 0 Å². The fraction of sp³-hybridized carbons (Fsp3) is 0.520. The molecule has 0 aromatic heterocycles. The molecule has 0 heterocycles. The summed E-state index contributed by atoms with van der Waals surface area (Å²) in [4.78, 5) is 0. The van der Waals surface area contributed by atoms with Crippen LogP contribution in [-0.4, -0.2) is 37.3 Å². The summed E-state index contributed by atoms with van der Waals surface area (Å²) < 4.78 is 92.5. The molecule has 5 nitrogen and oxygen atoms in total. The zero-order valence-corrected chi connectivity index (χ0v) is 23.6. The maximum Gasteiger partial charge on any atom is 0.534 e. The average Bonchev–Trinajstić information content (AvgIpc) is 2.74. The first-order chi connectivity index (χ1) is 16.6. The third kappa shape index (κ3) is 6.15. The lowest BCUT2D eigenvalue weighted by Gasteiger charge is -2.44. The van der Waals surface area contributed by atoms with Crippen LogP contribution in [0.3, 0.4) is 0 Å². The quantitative estimate of drug-likeness (QED) is 0.0991. The smallest absolute Gasteiger partial charge is 0.467 e. The van der Waals surface area contributed by atoms with Gasteiger partial charge in [0.05, 0.1) is 5.56 Å². The first kappa shape index (κ1) is 29.9. The van der Waals surface area contributed by atoms with Gasteiger partial charge in [-0.05, 0) is 40.3 Å². The molecule has 11 heteroatoms. The van der Waals surface area contributed by atoms with E-state index in [1.807, 2.05) is 0 Å². The van der Waals surface area contributed by atoms with Crippen LogP contribution >= 0.6 is 0 Å². The van der Waals surface area contributed by atoms with E-state index in [4.69, 9.17) is 9.47 Å². The number of hydrogen-bond acceptors (Lipinski definition) is 5. The number of methoxy groups -OCH3 is 1. The summed E-state index contributed by atoms with van der Waals surface area (Å²) in [5.74, 6) is 2.21. The van der Waals surface area contributed by atoms with Crippen LogP contribution in [0.1, 0.15) is 47.1 Å². The Morgan fingerprint density at radius 3 is 2.08 bits per heavy atom. The van der Waals surface area contributed by atoms with E-state index in [2.05, 4.69) is 57.2 Å². The molecule has 0 bridgehead atoms. The van der Waals surface area contributed by atoms with Crippen molar-refractivity contribution in [3.63, 3.8) is 0 Å². The van der Waals surface area contributed by atoms with E-state index in [0.29, 0.717) is 17.8 Å². The van der Waals surface area contributed by atoms with Gasteiger partial charge in [-0.3, -0.25) is 0 Å². The molecular formula is C25H32F4O5SSi.